The van der Waals surface area contributed by atoms with E-state index in [9.17, 15) is 4.79 Å². The number of Topliss-reactive ketones (excluding diaryl/α,β-unsaturated/α-hetero) is 1. The van der Waals surface area contributed by atoms with Crippen LogP contribution in [0.15, 0.2) is 32.7 Å². The fourth-order valence-corrected chi connectivity index (χ4v) is 3.38. The molecule has 1 nitrogen and oxygen atoms in total. The summed E-state index contributed by atoms with van der Waals surface area (Å²) in [5.41, 5.74) is 1.25. The molecule has 0 saturated heterocycles. The van der Waals surface area contributed by atoms with Gasteiger partial charge < -0.3 is 0 Å². The largest absolute Gasteiger partial charge is 0.293 e. The molecule has 2 aromatic rings. The van der Waals surface area contributed by atoms with Crippen LogP contribution in [0.4, 0.5) is 0 Å². The number of ketones is 1. The predicted molar refractivity (Wildman–Crippen MR) is 69.0 cm³/mol. The van der Waals surface area contributed by atoms with Crippen LogP contribution in [0.25, 0.3) is 0 Å². The van der Waals surface area contributed by atoms with Gasteiger partial charge in [0.25, 0.3) is 0 Å². The second-order valence-corrected chi connectivity index (χ2v) is 5.79. The summed E-state index contributed by atoms with van der Waals surface area (Å²) in [6.45, 7) is 0. The van der Waals surface area contributed by atoms with E-state index in [-0.39, 0.29) is 5.78 Å². The Bertz CT molecular complexity index is 445. The predicted octanol–water partition coefficient (Wildman–Crippen LogP) is 4.39. The fraction of sp³-hybridized carbons (Fsp3) is 0.182. The zero-order valence-electron chi connectivity index (χ0n) is 7.90. The molecule has 15 heavy (non-hydrogen) atoms. The van der Waals surface area contributed by atoms with E-state index in [1.807, 2.05) is 16.8 Å². The lowest BCUT2D eigenvalue weighted by atomic mass is 10.1. The van der Waals surface area contributed by atoms with Gasteiger partial charge in [0, 0.05) is 16.3 Å². The van der Waals surface area contributed by atoms with Crippen LogP contribution in [0.1, 0.15) is 21.7 Å². The summed E-state index contributed by atoms with van der Waals surface area (Å²) in [4.78, 5) is 12.6. The normalized spacial score (nSPS) is 10.5. The van der Waals surface area contributed by atoms with Crippen LogP contribution in [-0.2, 0) is 6.42 Å². The second kappa shape index (κ2) is 5.05. The average molecular weight is 301 g/mol. The summed E-state index contributed by atoms with van der Waals surface area (Å²) >= 11 is 6.53. The van der Waals surface area contributed by atoms with E-state index in [1.54, 1.807) is 11.3 Å². The topological polar surface area (TPSA) is 17.1 Å². The lowest BCUT2D eigenvalue weighted by Crippen LogP contribution is -1.97. The van der Waals surface area contributed by atoms with Crippen molar-refractivity contribution in [3.8, 4) is 0 Å². The summed E-state index contributed by atoms with van der Waals surface area (Å²) < 4.78 is 0.992. The summed E-state index contributed by atoms with van der Waals surface area (Å²) in [5.74, 6) is 0.233. The zero-order chi connectivity index (χ0) is 10.7. The Hall–Kier alpha value is -0.450. The van der Waals surface area contributed by atoms with Crippen LogP contribution in [0.2, 0.25) is 0 Å². The van der Waals surface area contributed by atoms with Gasteiger partial charge >= 0.3 is 0 Å². The monoisotopic (exact) mass is 300 g/mol. The van der Waals surface area contributed by atoms with Gasteiger partial charge in [-0.2, -0.15) is 11.3 Å². The van der Waals surface area contributed by atoms with E-state index in [0.29, 0.717) is 6.42 Å². The van der Waals surface area contributed by atoms with E-state index in [0.717, 1.165) is 15.8 Å². The Kier molecular flexibility index (Phi) is 3.72. The zero-order valence-corrected chi connectivity index (χ0v) is 11.1. The van der Waals surface area contributed by atoms with E-state index in [2.05, 4.69) is 27.4 Å². The van der Waals surface area contributed by atoms with Crippen molar-refractivity contribution in [2.75, 3.05) is 0 Å². The van der Waals surface area contributed by atoms with Gasteiger partial charge in [-0.05, 0) is 50.8 Å². The summed E-state index contributed by atoms with van der Waals surface area (Å²) in [6, 6.07) is 3.96. The van der Waals surface area contributed by atoms with Crippen molar-refractivity contribution < 1.29 is 4.79 Å². The molecule has 0 aliphatic rings. The molecule has 0 spiro atoms. The van der Waals surface area contributed by atoms with Crippen LogP contribution in [-0.4, -0.2) is 5.78 Å². The van der Waals surface area contributed by atoms with Crippen molar-refractivity contribution in [2.45, 2.75) is 12.8 Å². The maximum Gasteiger partial charge on any atom is 0.173 e. The summed E-state index contributed by atoms with van der Waals surface area (Å²) in [6.07, 6.45) is 1.45. The molecular weight excluding hydrogens is 292 g/mol. The SMILES string of the molecule is O=C(CCc1ccsc1)c1cc(Br)cs1. The fourth-order valence-electron chi connectivity index (χ4n) is 1.28. The number of carbonyl (C=O) groups excluding carboxylic acids is 1. The molecular formula is C11H9BrOS2. The lowest BCUT2D eigenvalue weighted by molar-refractivity contribution is 0.0986. The lowest BCUT2D eigenvalue weighted by Gasteiger charge is -1.95. The maximum absolute atomic E-state index is 11.7. The molecule has 0 atom stereocenters. The highest BCUT2D eigenvalue weighted by Gasteiger charge is 2.08. The number of halogens is 1. The summed E-state index contributed by atoms with van der Waals surface area (Å²) in [7, 11) is 0. The van der Waals surface area contributed by atoms with E-state index in [1.165, 1.54) is 16.9 Å². The van der Waals surface area contributed by atoms with Crippen molar-refractivity contribution in [1.29, 1.82) is 0 Å². The van der Waals surface area contributed by atoms with Crippen LogP contribution in [0.3, 0.4) is 0 Å². The molecule has 2 rings (SSSR count). The molecule has 4 heteroatoms. The first kappa shape index (κ1) is 11.0. The Morgan fingerprint density at radius 3 is 2.87 bits per heavy atom. The molecule has 2 heterocycles. The first-order chi connectivity index (χ1) is 7.25. The quantitative estimate of drug-likeness (QED) is 0.766. The Morgan fingerprint density at radius 1 is 1.40 bits per heavy atom. The maximum atomic E-state index is 11.7. The molecule has 0 aromatic carbocycles. The smallest absolute Gasteiger partial charge is 0.173 e. The molecule has 0 aliphatic carbocycles. The molecule has 2 aromatic heterocycles. The van der Waals surface area contributed by atoms with Crippen molar-refractivity contribution >= 4 is 44.4 Å². The molecule has 0 aliphatic heterocycles. The van der Waals surface area contributed by atoms with Gasteiger partial charge in [-0.25, -0.2) is 0 Å². The molecule has 0 saturated carbocycles. The molecule has 0 fully saturated rings. The third kappa shape index (κ3) is 3.00. The Balaban J connectivity index is 1.93. The van der Waals surface area contributed by atoms with Gasteiger partial charge in [-0.1, -0.05) is 0 Å². The molecule has 0 N–H and O–H groups in total. The number of hydrogen-bond donors (Lipinski definition) is 0. The first-order valence-electron chi connectivity index (χ1n) is 4.54. The van der Waals surface area contributed by atoms with E-state index in [4.69, 9.17) is 0 Å². The van der Waals surface area contributed by atoms with Crippen LogP contribution in [0.5, 0.6) is 0 Å². The molecule has 0 amide bonds. The van der Waals surface area contributed by atoms with E-state index >= 15 is 0 Å². The first-order valence-corrected chi connectivity index (χ1v) is 7.15. The third-order valence-corrected chi connectivity index (χ3v) is 4.53. The molecule has 0 radical (unpaired) electrons. The number of rotatable bonds is 4. The van der Waals surface area contributed by atoms with Crippen molar-refractivity contribution in [1.82, 2.24) is 0 Å². The number of carbonyl (C=O) groups is 1. The highest BCUT2D eigenvalue weighted by molar-refractivity contribution is 9.10. The second-order valence-electron chi connectivity index (χ2n) is 3.18. The van der Waals surface area contributed by atoms with Gasteiger partial charge in [0.05, 0.1) is 4.88 Å². The molecule has 0 unspecified atom stereocenters. The molecule has 78 valence electrons. The number of hydrogen-bond acceptors (Lipinski definition) is 3. The Morgan fingerprint density at radius 2 is 2.27 bits per heavy atom. The minimum absolute atomic E-state index is 0.233. The molecule has 0 bridgehead atoms. The van der Waals surface area contributed by atoms with Crippen molar-refractivity contribution in [3.63, 3.8) is 0 Å². The van der Waals surface area contributed by atoms with Crippen LogP contribution in [0, 0.1) is 0 Å². The standard InChI is InChI=1S/C11H9BrOS2/c12-9-5-11(15-7-9)10(13)2-1-8-3-4-14-6-8/h3-7H,1-2H2. The average Bonchev–Trinajstić information content (AvgIpc) is 2.84. The van der Waals surface area contributed by atoms with Crippen molar-refractivity contribution in [2.24, 2.45) is 0 Å². The van der Waals surface area contributed by atoms with Gasteiger partial charge in [-0.3, -0.25) is 4.79 Å². The number of thiophene rings is 2. The number of aryl methyl sites for hydroxylation is 1. The third-order valence-electron chi connectivity index (χ3n) is 2.06. The Labute approximate surface area is 105 Å². The van der Waals surface area contributed by atoms with Gasteiger partial charge in [-0.15, -0.1) is 11.3 Å². The highest BCUT2D eigenvalue weighted by Crippen LogP contribution is 2.21. The van der Waals surface area contributed by atoms with Crippen molar-refractivity contribution in [3.05, 3.63) is 43.2 Å². The minimum atomic E-state index is 0.233. The van der Waals surface area contributed by atoms with Gasteiger partial charge in [0.15, 0.2) is 5.78 Å². The van der Waals surface area contributed by atoms with E-state index < -0.39 is 0 Å². The van der Waals surface area contributed by atoms with Crippen LogP contribution >= 0.6 is 38.6 Å². The van der Waals surface area contributed by atoms with Gasteiger partial charge in [0.2, 0.25) is 0 Å². The minimum Gasteiger partial charge on any atom is -0.293 e. The summed E-state index contributed by atoms with van der Waals surface area (Å²) in [5, 5.41) is 6.08. The van der Waals surface area contributed by atoms with Gasteiger partial charge in [0.1, 0.15) is 0 Å². The highest BCUT2D eigenvalue weighted by atomic mass is 79.9. The van der Waals surface area contributed by atoms with Crippen LogP contribution < -0.4 is 0 Å².